The molecule has 80 valence electrons. The zero-order valence-corrected chi connectivity index (χ0v) is 8.99. The monoisotopic (exact) mass is 225 g/mol. The Kier molecular flexibility index (Phi) is 2.50. The highest BCUT2D eigenvalue weighted by atomic mass is 32.2. The summed E-state index contributed by atoms with van der Waals surface area (Å²) >= 11 is 0. The number of hydrogen-bond donors (Lipinski definition) is 1. The minimum atomic E-state index is -3.67. The first kappa shape index (κ1) is 10.2. The van der Waals surface area contributed by atoms with Gasteiger partial charge in [-0.05, 0) is 13.0 Å². The minimum absolute atomic E-state index is 0.343. The standard InChI is InChI=1S/C10H11NO3S/c1-2-5-9-8-6-3-4-7-10(8)14-15(12,13)11-9/h2-7,9,11H,1H3/b5-2+/t9-/m1/s1. The van der Waals surface area contributed by atoms with Crippen molar-refractivity contribution in [2.24, 2.45) is 0 Å². The molecule has 1 aromatic carbocycles. The topological polar surface area (TPSA) is 55.4 Å². The van der Waals surface area contributed by atoms with Gasteiger partial charge in [-0.1, -0.05) is 30.4 Å². The molecular formula is C10H11NO3S. The Labute approximate surface area is 88.8 Å². The van der Waals surface area contributed by atoms with E-state index in [2.05, 4.69) is 4.72 Å². The smallest absolute Gasteiger partial charge is 0.371 e. The lowest BCUT2D eigenvalue weighted by Gasteiger charge is -2.23. The lowest BCUT2D eigenvalue weighted by Crippen LogP contribution is -2.35. The molecular weight excluding hydrogens is 214 g/mol. The molecule has 2 rings (SSSR count). The molecule has 0 fully saturated rings. The van der Waals surface area contributed by atoms with Gasteiger partial charge in [0, 0.05) is 5.56 Å². The van der Waals surface area contributed by atoms with E-state index in [4.69, 9.17) is 4.18 Å². The predicted molar refractivity (Wildman–Crippen MR) is 56.7 cm³/mol. The summed E-state index contributed by atoms with van der Waals surface area (Å²) in [5.74, 6) is 0.388. The van der Waals surface area contributed by atoms with Gasteiger partial charge in [0.25, 0.3) is 0 Å². The van der Waals surface area contributed by atoms with Crippen LogP contribution in [0.2, 0.25) is 0 Å². The SMILES string of the molecule is C/C=C/[C@H]1NS(=O)(=O)Oc2ccccc21. The second kappa shape index (κ2) is 3.67. The van der Waals surface area contributed by atoms with E-state index in [0.29, 0.717) is 5.75 Å². The van der Waals surface area contributed by atoms with E-state index >= 15 is 0 Å². The number of allylic oxidation sites excluding steroid dienone is 1. The quantitative estimate of drug-likeness (QED) is 0.737. The van der Waals surface area contributed by atoms with Crippen molar-refractivity contribution in [3.8, 4) is 5.75 Å². The molecule has 0 aliphatic carbocycles. The molecule has 1 N–H and O–H groups in total. The van der Waals surface area contributed by atoms with Crippen molar-refractivity contribution >= 4 is 10.3 Å². The van der Waals surface area contributed by atoms with Crippen molar-refractivity contribution < 1.29 is 12.6 Å². The van der Waals surface area contributed by atoms with E-state index in [-0.39, 0.29) is 6.04 Å². The van der Waals surface area contributed by atoms with Gasteiger partial charge in [-0.3, -0.25) is 0 Å². The molecule has 1 aliphatic rings. The zero-order valence-electron chi connectivity index (χ0n) is 8.17. The summed E-state index contributed by atoms with van der Waals surface area (Å²) in [6, 6.07) is 6.72. The number of nitrogens with one attached hydrogen (secondary N) is 1. The van der Waals surface area contributed by atoms with Gasteiger partial charge in [-0.15, -0.1) is 0 Å². The molecule has 5 heteroatoms. The van der Waals surface area contributed by atoms with Gasteiger partial charge in [-0.25, -0.2) is 0 Å². The number of hydrogen-bond acceptors (Lipinski definition) is 3. The van der Waals surface area contributed by atoms with Gasteiger partial charge in [0.05, 0.1) is 6.04 Å². The van der Waals surface area contributed by atoms with E-state index in [1.54, 1.807) is 24.3 Å². The summed E-state index contributed by atoms with van der Waals surface area (Å²) in [5.41, 5.74) is 0.824. The molecule has 0 radical (unpaired) electrons. The number of fused-ring (bicyclic) bond motifs is 1. The van der Waals surface area contributed by atoms with Gasteiger partial charge in [-0.2, -0.15) is 13.1 Å². The fraction of sp³-hybridized carbons (Fsp3) is 0.200. The summed E-state index contributed by atoms with van der Waals surface area (Å²) in [4.78, 5) is 0. The Hall–Kier alpha value is -1.33. The first-order valence-electron chi connectivity index (χ1n) is 4.56. The Morgan fingerprint density at radius 3 is 2.87 bits per heavy atom. The van der Waals surface area contributed by atoms with Crippen LogP contribution in [0.3, 0.4) is 0 Å². The van der Waals surface area contributed by atoms with Crippen molar-refractivity contribution in [2.75, 3.05) is 0 Å². The summed E-state index contributed by atoms with van der Waals surface area (Å²) in [6.07, 6.45) is 3.58. The Morgan fingerprint density at radius 2 is 2.13 bits per heavy atom. The summed E-state index contributed by atoms with van der Waals surface area (Å²) in [6.45, 7) is 1.84. The highest BCUT2D eigenvalue weighted by Crippen LogP contribution is 2.31. The van der Waals surface area contributed by atoms with Crippen LogP contribution < -0.4 is 8.91 Å². The van der Waals surface area contributed by atoms with Gasteiger partial charge < -0.3 is 4.18 Å². The summed E-state index contributed by atoms with van der Waals surface area (Å²) in [5, 5.41) is 0. The van der Waals surface area contributed by atoms with Crippen molar-refractivity contribution in [1.82, 2.24) is 4.72 Å². The molecule has 0 spiro atoms. The van der Waals surface area contributed by atoms with Crippen molar-refractivity contribution in [3.63, 3.8) is 0 Å². The van der Waals surface area contributed by atoms with Crippen LogP contribution in [0.4, 0.5) is 0 Å². The molecule has 0 unspecified atom stereocenters. The largest absolute Gasteiger partial charge is 0.383 e. The Morgan fingerprint density at radius 1 is 1.40 bits per heavy atom. The van der Waals surface area contributed by atoms with Crippen LogP contribution in [0.1, 0.15) is 18.5 Å². The van der Waals surface area contributed by atoms with Crippen molar-refractivity contribution in [3.05, 3.63) is 42.0 Å². The van der Waals surface area contributed by atoms with Crippen LogP contribution in [0, 0.1) is 0 Å². The molecule has 15 heavy (non-hydrogen) atoms. The highest BCUT2D eigenvalue weighted by molar-refractivity contribution is 7.85. The molecule has 1 heterocycles. The fourth-order valence-electron chi connectivity index (χ4n) is 1.51. The molecule has 0 amide bonds. The second-order valence-corrected chi connectivity index (χ2v) is 4.51. The third-order valence-corrected chi connectivity index (χ3v) is 3.05. The fourth-order valence-corrected chi connectivity index (χ4v) is 2.46. The average Bonchev–Trinajstić information content (AvgIpc) is 2.16. The third kappa shape index (κ3) is 2.03. The highest BCUT2D eigenvalue weighted by Gasteiger charge is 2.27. The Balaban J connectivity index is 2.52. The van der Waals surface area contributed by atoms with Crippen LogP contribution in [0.5, 0.6) is 5.75 Å². The van der Waals surface area contributed by atoms with E-state index < -0.39 is 10.3 Å². The van der Waals surface area contributed by atoms with Crippen LogP contribution in [-0.2, 0) is 10.3 Å². The maximum Gasteiger partial charge on any atom is 0.383 e. The maximum atomic E-state index is 11.3. The lowest BCUT2D eigenvalue weighted by atomic mass is 10.1. The van der Waals surface area contributed by atoms with Crippen LogP contribution in [0.15, 0.2) is 36.4 Å². The minimum Gasteiger partial charge on any atom is -0.371 e. The molecule has 1 atom stereocenters. The van der Waals surface area contributed by atoms with Gasteiger partial charge in [0.2, 0.25) is 0 Å². The molecule has 0 saturated carbocycles. The third-order valence-electron chi connectivity index (χ3n) is 2.11. The van der Waals surface area contributed by atoms with Crippen LogP contribution in [-0.4, -0.2) is 8.42 Å². The predicted octanol–water partition coefficient (Wildman–Crippen LogP) is 1.53. The van der Waals surface area contributed by atoms with E-state index in [1.807, 2.05) is 19.1 Å². The van der Waals surface area contributed by atoms with E-state index in [9.17, 15) is 8.42 Å². The van der Waals surface area contributed by atoms with E-state index in [1.165, 1.54) is 0 Å². The average molecular weight is 225 g/mol. The van der Waals surface area contributed by atoms with Crippen molar-refractivity contribution in [2.45, 2.75) is 13.0 Å². The molecule has 0 bridgehead atoms. The first-order chi connectivity index (χ1) is 7.12. The maximum absolute atomic E-state index is 11.3. The number of rotatable bonds is 1. The van der Waals surface area contributed by atoms with E-state index in [0.717, 1.165) is 5.56 Å². The van der Waals surface area contributed by atoms with Crippen LogP contribution >= 0.6 is 0 Å². The molecule has 0 saturated heterocycles. The van der Waals surface area contributed by atoms with Gasteiger partial charge in [0.15, 0.2) is 0 Å². The van der Waals surface area contributed by atoms with Crippen LogP contribution in [0.25, 0.3) is 0 Å². The van der Waals surface area contributed by atoms with Gasteiger partial charge >= 0.3 is 10.3 Å². The molecule has 4 nitrogen and oxygen atoms in total. The van der Waals surface area contributed by atoms with Crippen molar-refractivity contribution in [1.29, 1.82) is 0 Å². The van der Waals surface area contributed by atoms with Gasteiger partial charge in [0.1, 0.15) is 5.75 Å². The molecule has 0 aromatic heterocycles. The molecule has 1 aromatic rings. The zero-order chi connectivity index (χ0) is 10.9. The number of benzene rings is 1. The normalized spacial score (nSPS) is 23.4. The Bertz CT molecular complexity index is 493. The molecule has 1 aliphatic heterocycles. The first-order valence-corrected chi connectivity index (χ1v) is 5.97. The lowest BCUT2D eigenvalue weighted by molar-refractivity contribution is 0.444. The second-order valence-electron chi connectivity index (χ2n) is 3.20. The summed E-state index contributed by atoms with van der Waals surface area (Å²) < 4.78 is 29.9. The summed E-state index contributed by atoms with van der Waals surface area (Å²) in [7, 11) is -3.67. The number of para-hydroxylation sites is 1.